The highest BCUT2D eigenvalue weighted by Gasteiger charge is 2.24. The van der Waals surface area contributed by atoms with E-state index in [0.717, 1.165) is 19.5 Å². The van der Waals surface area contributed by atoms with E-state index in [2.05, 4.69) is 6.92 Å². The van der Waals surface area contributed by atoms with Crippen LogP contribution >= 0.6 is 0 Å². The fourth-order valence-corrected chi connectivity index (χ4v) is 1.92. The Hall–Kier alpha value is -0.570. The largest absolute Gasteiger partial charge is 0.342 e. The molecule has 2 N–H and O–H groups in total. The molecule has 1 aliphatic rings. The van der Waals surface area contributed by atoms with E-state index in [-0.39, 0.29) is 11.4 Å². The Kier molecular flexibility index (Phi) is 3.53. The molecule has 0 aromatic heterocycles. The minimum absolute atomic E-state index is 0.212. The Balaban J connectivity index is 2.44. The first-order valence-corrected chi connectivity index (χ1v) is 5.45. The van der Waals surface area contributed by atoms with Gasteiger partial charge in [-0.25, -0.2) is 0 Å². The number of hydrogen-bond donors (Lipinski definition) is 1. The van der Waals surface area contributed by atoms with Crippen molar-refractivity contribution in [3.05, 3.63) is 0 Å². The fraction of sp³-hybridized carbons (Fsp3) is 0.909. The number of nitrogens with zero attached hydrogens (tertiary/aromatic N) is 1. The molecule has 1 aliphatic heterocycles. The topological polar surface area (TPSA) is 46.3 Å². The molecule has 3 heteroatoms. The molecule has 14 heavy (non-hydrogen) atoms. The molecule has 1 rings (SSSR count). The van der Waals surface area contributed by atoms with Crippen LogP contribution in [0.25, 0.3) is 0 Å². The molecule has 0 bridgehead atoms. The van der Waals surface area contributed by atoms with Crippen LogP contribution in [0.4, 0.5) is 0 Å². The zero-order chi connectivity index (χ0) is 10.8. The van der Waals surface area contributed by atoms with Crippen molar-refractivity contribution in [2.24, 2.45) is 11.7 Å². The highest BCUT2D eigenvalue weighted by Crippen LogP contribution is 2.17. The van der Waals surface area contributed by atoms with E-state index in [1.54, 1.807) is 0 Å². The lowest BCUT2D eigenvalue weighted by Crippen LogP contribution is -2.44. The maximum absolute atomic E-state index is 11.8. The Labute approximate surface area is 86.6 Å². The first-order chi connectivity index (χ1) is 6.38. The van der Waals surface area contributed by atoms with Gasteiger partial charge in [-0.05, 0) is 32.6 Å². The van der Waals surface area contributed by atoms with E-state index in [0.29, 0.717) is 12.3 Å². The number of hydrogen-bond acceptors (Lipinski definition) is 2. The fourth-order valence-electron chi connectivity index (χ4n) is 1.92. The predicted molar refractivity (Wildman–Crippen MR) is 57.9 cm³/mol. The molecule has 1 fully saturated rings. The van der Waals surface area contributed by atoms with E-state index in [1.807, 2.05) is 18.7 Å². The predicted octanol–water partition coefficient (Wildman–Crippen LogP) is 1.37. The zero-order valence-corrected chi connectivity index (χ0v) is 9.55. The van der Waals surface area contributed by atoms with Crippen LogP contribution < -0.4 is 5.73 Å². The molecule has 0 aromatic rings. The third-order valence-electron chi connectivity index (χ3n) is 2.62. The van der Waals surface area contributed by atoms with Crippen molar-refractivity contribution in [1.82, 2.24) is 4.90 Å². The zero-order valence-electron chi connectivity index (χ0n) is 9.55. The monoisotopic (exact) mass is 198 g/mol. The van der Waals surface area contributed by atoms with Crippen molar-refractivity contribution in [3.63, 3.8) is 0 Å². The Morgan fingerprint density at radius 2 is 2.21 bits per heavy atom. The summed E-state index contributed by atoms with van der Waals surface area (Å²) >= 11 is 0. The SMILES string of the molecule is CC1CCCN(C(=O)CC(C)(C)N)C1. The molecule has 0 spiro atoms. The lowest BCUT2D eigenvalue weighted by molar-refractivity contribution is -0.133. The third-order valence-corrected chi connectivity index (χ3v) is 2.62. The number of piperidine rings is 1. The van der Waals surface area contributed by atoms with Gasteiger partial charge in [0.1, 0.15) is 0 Å². The number of carbonyl (C=O) groups excluding carboxylic acids is 1. The molecule has 1 unspecified atom stereocenters. The Bertz CT molecular complexity index is 208. The van der Waals surface area contributed by atoms with Crippen molar-refractivity contribution in [2.75, 3.05) is 13.1 Å². The summed E-state index contributed by atoms with van der Waals surface area (Å²) in [5.74, 6) is 0.859. The molecule has 1 amide bonds. The lowest BCUT2D eigenvalue weighted by atomic mass is 9.97. The van der Waals surface area contributed by atoms with Crippen LogP contribution in [0.15, 0.2) is 0 Å². The van der Waals surface area contributed by atoms with Gasteiger partial charge >= 0.3 is 0 Å². The summed E-state index contributed by atoms with van der Waals surface area (Å²) in [6.45, 7) is 7.83. The average Bonchev–Trinajstić information content (AvgIpc) is 2.01. The molecule has 3 nitrogen and oxygen atoms in total. The number of amides is 1. The van der Waals surface area contributed by atoms with Gasteiger partial charge in [-0.15, -0.1) is 0 Å². The maximum Gasteiger partial charge on any atom is 0.224 e. The summed E-state index contributed by atoms with van der Waals surface area (Å²) < 4.78 is 0. The first-order valence-electron chi connectivity index (χ1n) is 5.45. The highest BCUT2D eigenvalue weighted by atomic mass is 16.2. The van der Waals surface area contributed by atoms with Crippen molar-refractivity contribution in [2.45, 2.75) is 45.6 Å². The van der Waals surface area contributed by atoms with Crippen LogP contribution in [0, 0.1) is 5.92 Å². The molecule has 0 aromatic carbocycles. The van der Waals surface area contributed by atoms with Crippen molar-refractivity contribution in [1.29, 1.82) is 0 Å². The van der Waals surface area contributed by atoms with Crippen LogP contribution in [-0.4, -0.2) is 29.4 Å². The second-order valence-corrected chi connectivity index (χ2v) is 5.25. The molecule has 1 saturated heterocycles. The molecule has 0 aliphatic carbocycles. The molecular weight excluding hydrogens is 176 g/mol. The number of likely N-dealkylation sites (tertiary alicyclic amines) is 1. The normalized spacial score (nSPS) is 23.7. The van der Waals surface area contributed by atoms with E-state index in [1.165, 1.54) is 6.42 Å². The van der Waals surface area contributed by atoms with Gasteiger partial charge in [-0.3, -0.25) is 4.79 Å². The average molecular weight is 198 g/mol. The third kappa shape index (κ3) is 3.66. The van der Waals surface area contributed by atoms with Crippen molar-refractivity contribution < 1.29 is 4.79 Å². The first kappa shape index (κ1) is 11.5. The molecule has 1 atom stereocenters. The van der Waals surface area contributed by atoms with Gasteiger partial charge in [0.15, 0.2) is 0 Å². The summed E-state index contributed by atoms with van der Waals surface area (Å²) in [4.78, 5) is 13.8. The molecular formula is C11H22N2O. The molecule has 1 heterocycles. The second kappa shape index (κ2) is 4.30. The van der Waals surface area contributed by atoms with Gasteiger partial charge in [-0.2, -0.15) is 0 Å². The van der Waals surface area contributed by atoms with Gasteiger partial charge in [0.25, 0.3) is 0 Å². The van der Waals surface area contributed by atoms with Gasteiger partial charge in [0.05, 0.1) is 0 Å². The smallest absolute Gasteiger partial charge is 0.224 e. The summed E-state index contributed by atoms with van der Waals surface area (Å²) in [7, 11) is 0. The highest BCUT2D eigenvalue weighted by molar-refractivity contribution is 5.77. The van der Waals surface area contributed by atoms with E-state index in [9.17, 15) is 4.79 Å². The summed E-state index contributed by atoms with van der Waals surface area (Å²) in [6, 6.07) is 0. The summed E-state index contributed by atoms with van der Waals surface area (Å²) in [5.41, 5.74) is 5.45. The summed E-state index contributed by atoms with van der Waals surface area (Å²) in [5, 5.41) is 0. The number of rotatable bonds is 2. The van der Waals surface area contributed by atoms with Crippen molar-refractivity contribution in [3.8, 4) is 0 Å². The van der Waals surface area contributed by atoms with E-state index >= 15 is 0 Å². The quantitative estimate of drug-likeness (QED) is 0.728. The molecule has 82 valence electrons. The minimum Gasteiger partial charge on any atom is -0.342 e. The molecule has 0 radical (unpaired) electrons. The van der Waals surface area contributed by atoms with Crippen LogP contribution in [0.1, 0.15) is 40.0 Å². The van der Waals surface area contributed by atoms with Gasteiger partial charge in [-0.1, -0.05) is 6.92 Å². The van der Waals surface area contributed by atoms with Crippen LogP contribution in [0.2, 0.25) is 0 Å². The lowest BCUT2D eigenvalue weighted by Gasteiger charge is -2.32. The molecule has 0 saturated carbocycles. The summed E-state index contributed by atoms with van der Waals surface area (Å²) in [6.07, 6.45) is 2.84. The maximum atomic E-state index is 11.8. The number of carbonyl (C=O) groups is 1. The second-order valence-electron chi connectivity index (χ2n) is 5.25. The van der Waals surface area contributed by atoms with Gasteiger partial charge in [0.2, 0.25) is 5.91 Å². The minimum atomic E-state index is -0.377. The Morgan fingerprint density at radius 1 is 1.57 bits per heavy atom. The van der Waals surface area contributed by atoms with Crippen LogP contribution in [0.5, 0.6) is 0 Å². The van der Waals surface area contributed by atoms with Gasteiger partial charge < -0.3 is 10.6 Å². The number of nitrogens with two attached hydrogens (primary N) is 1. The van der Waals surface area contributed by atoms with Crippen molar-refractivity contribution >= 4 is 5.91 Å². The van der Waals surface area contributed by atoms with Gasteiger partial charge in [0, 0.05) is 25.0 Å². The van der Waals surface area contributed by atoms with Crippen LogP contribution in [0.3, 0.4) is 0 Å². The Morgan fingerprint density at radius 3 is 2.71 bits per heavy atom. The standard InChI is InChI=1S/C11H22N2O/c1-9-5-4-6-13(8-9)10(14)7-11(2,3)12/h9H,4-8,12H2,1-3H3. The van der Waals surface area contributed by atoms with Crippen LogP contribution in [-0.2, 0) is 4.79 Å². The van der Waals surface area contributed by atoms with E-state index in [4.69, 9.17) is 5.73 Å². The van der Waals surface area contributed by atoms with E-state index < -0.39 is 0 Å².